The van der Waals surface area contributed by atoms with Crippen molar-refractivity contribution in [2.45, 2.75) is 63.4 Å². The number of hydrogen-bond acceptors (Lipinski definition) is 6. The molecule has 1 aliphatic carbocycles. The van der Waals surface area contributed by atoms with E-state index in [4.69, 9.17) is 9.47 Å². The van der Waals surface area contributed by atoms with Gasteiger partial charge in [-0.3, -0.25) is 0 Å². The second kappa shape index (κ2) is 7.69. The van der Waals surface area contributed by atoms with Crippen molar-refractivity contribution in [2.75, 3.05) is 25.1 Å². The van der Waals surface area contributed by atoms with Crippen LogP contribution in [0.25, 0.3) is 0 Å². The van der Waals surface area contributed by atoms with Gasteiger partial charge in [0.15, 0.2) is 0 Å². The van der Waals surface area contributed by atoms with Gasteiger partial charge >= 0.3 is 0 Å². The van der Waals surface area contributed by atoms with E-state index in [1.54, 1.807) is 27.2 Å². The summed E-state index contributed by atoms with van der Waals surface area (Å²) in [5.74, 6) is 6.92. The van der Waals surface area contributed by atoms with Gasteiger partial charge in [0.25, 0.3) is 0 Å². The van der Waals surface area contributed by atoms with Crippen LogP contribution in [-0.4, -0.2) is 59.2 Å². The van der Waals surface area contributed by atoms with E-state index in [-0.39, 0.29) is 0 Å². The van der Waals surface area contributed by atoms with Crippen molar-refractivity contribution in [3.05, 3.63) is 18.1 Å². The molecule has 0 spiro atoms. The molecule has 136 valence electrons. The van der Waals surface area contributed by atoms with E-state index in [9.17, 15) is 5.11 Å². The van der Waals surface area contributed by atoms with Crippen LogP contribution in [0, 0.1) is 11.8 Å². The Labute approximate surface area is 149 Å². The van der Waals surface area contributed by atoms with Gasteiger partial charge in [0.05, 0.1) is 18.3 Å². The summed E-state index contributed by atoms with van der Waals surface area (Å²) in [4.78, 5) is 10.9. The first-order chi connectivity index (χ1) is 11.9. The molecular weight excluding hydrogens is 318 g/mol. The molecule has 0 atom stereocenters. The van der Waals surface area contributed by atoms with Crippen molar-refractivity contribution in [1.29, 1.82) is 0 Å². The molecule has 1 aromatic heterocycles. The van der Waals surface area contributed by atoms with Gasteiger partial charge in [-0.1, -0.05) is 5.92 Å². The number of aliphatic hydroxyl groups is 1. The number of nitrogens with zero attached hydrogens (tertiary/aromatic N) is 3. The monoisotopic (exact) mass is 345 g/mol. The van der Waals surface area contributed by atoms with E-state index < -0.39 is 5.60 Å². The number of piperidine rings is 1. The molecule has 0 aromatic carbocycles. The second-order valence-electron chi connectivity index (χ2n) is 7.32. The molecule has 1 aromatic rings. The van der Waals surface area contributed by atoms with Crippen LogP contribution < -0.4 is 4.90 Å². The van der Waals surface area contributed by atoms with Crippen LogP contribution in [0.2, 0.25) is 0 Å². The highest BCUT2D eigenvalue weighted by Gasteiger charge is 2.33. The van der Waals surface area contributed by atoms with Crippen molar-refractivity contribution in [1.82, 2.24) is 9.97 Å². The third-order valence-corrected chi connectivity index (χ3v) is 4.66. The fourth-order valence-electron chi connectivity index (χ4n) is 3.11. The van der Waals surface area contributed by atoms with Crippen molar-refractivity contribution in [2.24, 2.45) is 0 Å². The van der Waals surface area contributed by atoms with E-state index in [0.29, 0.717) is 24.1 Å². The van der Waals surface area contributed by atoms with E-state index in [2.05, 4.69) is 26.7 Å². The van der Waals surface area contributed by atoms with Crippen molar-refractivity contribution in [3.8, 4) is 11.8 Å². The maximum atomic E-state index is 9.69. The molecule has 0 radical (unpaired) electrons. The minimum absolute atomic E-state index is 0.329. The van der Waals surface area contributed by atoms with Crippen LogP contribution in [0.5, 0.6) is 0 Å². The van der Waals surface area contributed by atoms with Gasteiger partial charge in [-0.05, 0) is 51.5 Å². The Hall–Kier alpha value is -1.68. The lowest BCUT2D eigenvalue weighted by atomic mass is 9.91. The molecule has 0 unspecified atom stereocenters. The molecule has 2 aliphatic rings. The summed E-state index contributed by atoms with van der Waals surface area (Å²) < 4.78 is 11.5. The van der Waals surface area contributed by atoms with Gasteiger partial charge in [0.2, 0.25) is 5.82 Å². The van der Waals surface area contributed by atoms with Crippen LogP contribution in [0.4, 0.5) is 5.82 Å². The smallest absolute Gasteiger partial charge is 0.206 e. The Bertz CT molecular complexity index is 633. The maximum absolute atomic E-state index is 9.69. The highest BCUT2D eigenvalue weighted by molar-refractivity contribution is 5.40. The SMILES string of the molecule is COC1CC(OC2CCN(c3ccnc(C#CC(C)(C)O)n3)CC2)C1. The Morgan fingerprint density at radius 1 is 1.20 bits per heavy atom. The van der Waals surface area contributed by atoms with Gasteiger partial charge in [0, 0.05) is 26.4 Å². The minimum Gasteiger partial charge on any atom is -0.381 e. The fraction of sp³-hybridized carbons (Fsp3) is 0.684. The lowest BCUT2D eigenvalue weighted by molar-refractivity contribution is -0.119. The second-order valence-corrected chi connectivity index (χ2v) is 7.32. The summed E-state index contributed by atoms with van der Waals surface area (Å²) in [7, 11) is 1.77. The number of anilines is 1. The number of ether oxygens (including phenoxy) is 2. The van der Waals surface area contributed by atoms with Gasteiger partial charge in [0.1, 0.15) is 11.4 Å². The van der Waals surface area contributed by atoms with Crippen LogP contribution in [-0.2, 0) is 9.47 Å². The Morgan fingerprint density at radius 3 is 2.56 bits per heavy atom. The maximum Gasteiger partial charge on any atom is 0.206 e. The Balaban J connectivity index is 1.52. The van der Waals surface area contributed by atoms with Gasteiger partial charge < -0.3 is 19.5 Å². The Morgan fingerprint density at radius 2 is 1.92 bits per heavy atom. The normalized spacial score (nSPS) is 24.4. The lowest BCUT2D eigenvalue weighted by Gasteiger charge is -2.39. The fourth-order valence-corrected chi connectivity index (χ4v) is 3.11. The zero-order chi connectivity index (χ0) is 17.9. The molecule has 25 heavy (non-hydrogen) atoms. The quantitative estimate of drug-likeness (QED) is 0.839. The molecule has 0 bridgehead atoms. The first kappa shape index (κ1) is 18.1. The first-order valence-corrected chi connectivity index (χ1v) is 8.95. The van der Waals surface area contributed by atoms with E-state index in [1.165, 1.54) is 0 Å². The molecular formula is C19H27N3O3. The summed E-state index contributed by atoms with van der Waals surface area (Å²) >= 11 is 0. The van der Waals surface area contributed by atoms with E-state index in [1.807, 2.05) is 6.07 Å². The summed E-state index contributed by atoms with van der Waals surface area (Å²) in [6.07, 6.45) is 6.84. The van der Waals surface area contributed by atoms with Crippen LogP contribution >= 0.6 is 0 Å². The van der Waals surface area contributed by atoms with Gasteiger partial charge in [-0.25, -0.2) is 9.97 Å². The van der Waals surface area contributed by atoms with E-state index in [0.717, 1.165) is 44.6 Å². The molecule has 6 heteroatoms. The molecule has 1 aliphatic heterocycles. The molecule has 1 N–H and O–H groups in total. The average molecular weight is 345 g/mol. The molecule has 1 saturated carbocycles. The number of rotatable bonds is 4. The van der Waals surface area contributed by atoms with Crippen LogP contribution in [0.15, 0.2) is 12.3 Å². The molecule has 1 saturated heterocycles. The molecule has 0 amide bonds. The summed E-state index contributed by atoms with van der Waals surface area (Å²) in [6.45, 7) is 5.12. The summed E-state index contributed by atoms with van der Waals surface area (Å²) in [5.41, 5.74) is -1.04. The average Bonchev–Trinajstić information content (AvgIpc) is 2.56. The van der Waals surface area contributed by atoms with Gasteiger partial charge in [-0.2, -0.15) is 0 Å². The lowest BCUT2D eigenvalue weighted by Crippen LogP contribution is -2.43. The number of methoxy groups -OCH3 is 1. The van der Waals surface area contributed by atoms with Crippen molar-refractivity contribution in [3.63, 3.8) is 0 Å². The van der Waals surface area contributed by atoms with Crippen molar-refractivity contribution >= 4 is 5.82 Å². The van der Waals surface area contributed by atoms with Crippen LogP contribution in [0.1, 0.15) is 45.4 Å². The van der Waals surface area contributed by atoms with E-state index >= 15 is 0 Å². The number of aromatic nitrogens is 2. The zero-order valence-electron chi connectivity index (χ0n) is 15.2. The summed E-state index contributed by atoms with van der Waals surface area (Å²) in [5, 5.41) is 9.69. The largest absolute Gasteiger partial charge is 0.381 e. The molecule has 2 fully saturated rings. The number of hydrogen-bond donors (Lipinski definition) is 1. The van der Waals surface area contributed by atoms with Crippen LogP contribution in [0.3, 0.4) is 0 Å². The van der Waals surface area contributed by atoms with Crippen molar-refractivity contribution < 1.29 is 14.6 Å². The minimum atomic E-state index is -1.04. The molecule has 2 heterocycles. The highest BCUT2D eigenvalue weighted by atomic mass is 16.5. The van der Waals surface area contributed by atoms with Gasteiger partial charge in [-0.15, -0.1) is 0 Å². The third-order valence-electron chi connectivity index (χ3n) is 4.66. The standard InChI is InChI=1S/C19H27N3O3/c1-19(2,23)8-4-17-20-9-5-18(21-17)22-10-6-14(7-11-22)25-16-12-15(13-16)24-3/h5,9,14-16,23H,6-7,10-13H2,1-3H3. The first-order valence-electron chi connectivity index (χ1n) is 8.95. The summed E-state index contributed by atoms with van der Waals surface area (Å²) in [6, 6.07) is 1.91. The Kier molecular flexibility index (Phi) is 5.57. The molecule has 6 nitrogen and oxygen atoms in total. The highest BCUT2D eigenvalue weighted by Crippen LogP contribution is 2.29. The predicted octanol–water partition coefficient (Wildman–Crippen LogP) is 1.76. The predicted molar refractivity (Wildman–Crippen MR) is 95.3 cm³/mol. The topological polar surface area (TPSA) is 67.7 Å². The third kappa shape index (κ3) is 5.15. The molecule has 3 rings (SSSR count). The zero-order valence-corrected chi connectivity index (χ0v) is 15.2.